The van der Waals surface area contributed by atoms with Crippen LogP contribution in [0.3, 0.4) is 0 Å². The third-order valence-electron chi connectivity index (χ3n) is 6.39. The topological polar surface area (TPSA) is 101 Å². The molecule has 216 valence electrons. The van der Waals surface area contributed by atoms with Gasteiger partial charge in [0.15, 0.2) is 11.5 Å². The molecule has 0 saturated carbocycles. The minimum absolute atomic E-state index is 0.115. The van der Waals surface area contributed by atoms with Crippen molar-refractivity contribution in [2.75, 3.05) is 44.4 Å². The Kier molecular flexibility index (Phi) is 10.7. The van der Waals surface area contributed by atoms with Gasteiger partial charge in [-0.2, -0.15) is 5.26 Å². The fourth-order valence-electron chi connectivity index (χ4n) is 4.78. The SMILES string of the molecule is CCOC(=O)CN1CCc2cc(CC(C)N(CCOc3ccccc3OCC)C(=O)OC(C)(C)C)cc(C#N)c21. The van der Waals surface area contributed by atoms with E-state index in [4.69, 9.17) is 18.9 Å². The molecule has 0 aliphatic carbocycles. The highest BCUT2D eigenvalue weighted by molar-refractivity contribution is 5.79. The Morgan fingerprint density at radius 2 is 1.80 bits per heavy atom. The van der Waals surface area contributed by atoms with Gasteiger partial charge in [0.2, 0.25) is 0 Å². The predicted octanol–water partition coefficient (Wildman–Crippen LogP) is 5.13. The van der Waals surface area contributed by atoms with E-state index in [-0.39, 0.29) is 25.2 Å². The lowest BCUT2D eigenvalue weighted by molar-refractivity contribution is -0.141. The van der Waals surface area contributed by atoms with E-state index in [0.717, 1.165) is 23.2 Å². The Bertz CT molecular complexity index is 1220. The standard InChI is InChI=1S/C31H41N3O6/c1-7-37-26-11-9-10-12-27(26)39-16-15-34(30(36)40-31(4,5)6)22(3)17-23-18-24-13-14-33(21-28(35)38-8-2)29(24)25(19-23)20-32/h9-12,18-19,22H,7-8,13-17,21H2,1-6H3. The first kappa shape index (κ1) is 30.6. The first-order chi connectivity index (χ1) is 19.1. The van der Waals surface area contributed by atoms with Crippen molar-refractivity contribution in [2.24, 2.45) is 0 Å². The normalized spacial score (nSPS) is 13.2. The Morgan fingerprint density at radius 1 is 1.10 bits per heavy atom. The molecule has 1 aliphatic heterocycles. The van der Waals surface area contributed by atoms with Crippen molar-refractivity contribution >= 4 is 17.7 Å². The van der Waals surface area contributed by atoms with E-state index in [9.17, 15) is 14.9 Å². The number of carbonyl (C=O) groups is 2. The summed E-state index contributed by atoms with van der Waals surface area (Å²) in [7, 11) is 0. The lowest BCUT2D eigenvalue weighted by Crippen LogP contribution is -2.45. The Morgan fingerprint density at radius 3 is 2.42 bits per heavy atom. The van der Waals surface area contributed by atoms with Crippen LogP contribution in [0, 0.1) is 11.3 Å². The van der Waals surface area contributed by atoms with Gasteiger partial charge in [-0.3, -0.25) is 4.79 Å². The van der Waals surface area contributed by atoms with Crippen LogP contribution in [0.1, 0.15) is 58.2 Å². The van der Waals surface area contributed by atoms with Crippen LogP contribution in [0.4, 0.5) is 10.5 Å². The van der Waals surface area contributed by atoms with Gasteiger partial charge >= 0.3 is 12.1 Å². The van der Waals surface area contributed by atoms with Crippen molar-refractivity contribution < 1.29 is 28.5 Å². The molecule has 1 amide bonds. The molecule has 0 spiro atoms. The number of hydrogen-bond acceptors (Lipinski definition) is 8. The third kappa shape index (κ3) is 8.28. The maximum Gasteiger partial charge on any atom is 0.410 e. The largest absolute Gasteiger partial charge is 0.490 e. The maximum atomic E-state index is 13.2. The maximum absolute atomic E-state index is 13.2. The quantitative estimate of drug-likeness (QED) is 0.335. The van der Waals surface area contributed by atoms with Gasteiger partial charge in [-0.15, -0.1) is 0 Å². The number of rotatable bonds is 12. The number of hydrogen-bond donors (Lipinski definition) is 0. The zero-order chi connectivity index (χ0) is 29.3. The molecule has 9 heteroatoms. The van der Waals surface area contributed by atoms with Crippen LogP contribution in [-0.2, 0) is 27.1 Å². The number of nitriles is 1. The van der Waals surface area contributed by atoms with E-state index in [1.165, 1.54) is 0 Å². The summed E-state index contributed by atoms with van der Waals surface area (Å²) in [5.41, 5.74) is 2.61. The second kappa shape index (κ2) is 13.9. The van der Waals surface area contributed by atoms with E-state index in [1.54, 1.807) is 11.8 Å². The molecule has 0 fully saturated rings. The Hall–Kier alpha value is -3.93. The summed E-state index contributed by atoms with van der Waals surface area (Å²) in [4.78, 5) is 28.9. The number of esters is 1. The number of benzene rings is 2. The third-order valence-corrected chi connectivity index (χ3v) is 6.39. The van der Waals surface area contributed by atoms with Crippen LogP contribution >= 0.6 is 0 Å². The lowest BCUT2D eigenvalue weighted by atomic mass is 9.98. The summed E-state index contributed by atoms with van der Waals surface area (Å²) in [6, 6.07) is 13.4. The van der Waals surface area contributed by atoms with Crippen LogP contribution < -0.4 is 14.4 Å². The zero-order valence-electron chi connectivity index (χ0n) is 24.5. The van der Waals surface area contributed by atoms with E-state index < -0.39 is 11.7 Å². The summed E-state index contributed by atoms with van der Waals surface area (Å²) in [6.07, 6.45) is 0.826. The molecule has 9 nitrogen and oxygen atoms in total. The molecule has 0 bridgehead atoms. The lowest BCUT2D eigenvalue weighted by Gasteiger charge is -2.32. The van der Waals surface area contributed by atoms with E-state index in [0.29, 0.717) is 49.8 Å². The summed E-state index contributed by atoms with van der Waals surface area (Å²) in [5, 5.41) is 9.92. The van der Waals surface area contributed by atoms with Crippen LogP contribution in [0.5, 0.6) is 11.5 Å². The summed E-state index contributed by atoms with van der Waals surface area (Å²) < 4.78 is 22.5. The van der Waals surface area contributed by atoms with Gasteiger partial charge in [-0.05, 0) is 83.7 Å². The van der Waals surface area contributed by atoms with Gasteiger partial charge in [0.1, 0.15) is 24.8 Å². The minimum Gasteiger partial charge on any atom is -0.490 e. The van der Waals surface area contributed by atoms with E-state index >= 15 is 0 Å². The Labute approximate surface area is 237 Å². The first-order valence-corrected chi connectivity index (χ1v) is 13.9. The fraction of sp³-hybridized carbons (Fsp3) is 0.516. The van der Waals surface area contributed by atoms with E-state index in [2.05, 4.69) is 12.1 Å². The first-order valence-electron chi connectivity index (χ1n) is 13.9. The monoisotopic (exact) mass is 551 g/mol. The van der Waals surface area contributed by atoms with Gasteiger partial charge in [0.05, 0.1) is 31.0 Å². The summed E-state index contributed by atoms with van der Waals surface area (Å²) in [6.45, 7) is 13.3. The van der Waals surface area contributed by atoms with Gasteiger partial charge < -0.3 is 28.7 Å². The fourth-order valence-corrected chi connectivity index (χ4v) is 4.78. The van der Waals surface area contributed by atoms with Crippen molar-refractivity contribution in [1.29, 1.82) is 5.26 Å². The van der Waals surface area contributed by atoms with Crippen LogP contribution in [0.15, 0.2) is 36.4 Å². The van der Waals surface area contributed by atoms with Crippen LogP contribution in [-0.4, -0.2) is 68.1 Å². The van der Waals surface area contributed by atoms with Crippen LogP contribution in [0.25, 0.3) is 0 Å². The highest BCUT2D eigenvalue weighted by atomic mass is 16.6. The Balaban J connectivity index is 1.77. The predicted molar refractivity (Wildman–Crippen MR) is 153 cm³/mol. The second-order valence-electron chi connectivity index (χ2n) is 10.7. The number of nitrogens with zero attached hydrogens (tertiary/aromatic N) is 3. The molecule has 1 unspecified atom stereocenters. The van der Waals surface area contributed by atoms with Gasteiger partial charge in [-0.25, -0.2) is 4.79 Å². The molecule has 0 radical (unpaired) electrons. The molecular weight excluding hydrogens is 510 g/mol. The number of ether oxygens (including phenoxy) is 4. The number of para-hydroxylation sites is 2. The molecular formula is C31H41N3O6. The molecule has 2 aromatic carbocycles. The summed E-state index contributed by atoms with van der Waals surface area (Å²) >= 11 is 0. The molecule has 0 saturated heterocycles. The zero-order valence-corrected chi connectivity index (χ0v) is 24.5. The van der Waals surface area contributed by atoms with Crippen molar-refractivity contribution in [3.05, 3.63) is 53.1 Å². The number of fused-ring (bicyclic) bond motifs is 1. The molecule has 3 rings (SSSR count). The highest BCUT2D eigenvalue weighted by Crippen LogP contribution is 2.33. The minimum atomic E-state index is -0.651. The summed E-state index contributed by atoms with van der Waals surface area (Å²) in [5.74, 6) is 0.961. The van der Waals surface area contributed by atoms with Gasteiger partial charge in [0, 0.05) is 12.6 Å². The number of amides is 1. The van der Waals surface area contributed by atoms with Gasteiger partial charge in [0.25, 0.3) is 0 Å². The number of anilines is 1. The van der Waals surface area contributed by atoms with Crippen molar-refractivity contribution in [3.8, 4) is 17.6 Å². The van der Waals surface area contributed by atoms with Crippen molar-refractivity contribution in [3.63, 3.8) is 0 Å². The smallest absolute Gasteiger partial charge is 0.410 e. The average molecular weight is 552 g/mol. The van der Waals surface area contributed by atoms with Gasteiger partial charge in [-0.1, -0.05) is 18.2 Å². The van der Waals surface area contributed by atoms with Crippen molar-refractivity contribution in [2.45, 2.75) is 66.0 Å². The molecule has 40 heavy (non-hydrogen) atoms. The number of carbonyl (C=O) groups excluding carboxylic acids is 2. The molecule has 1 aliphatic rings. The molecule has 1 atom stereocenters. The molecule has 1 heterocycles. The molecule has 0 aromatic heterocycles. The highest BCUT2D eigenvalue weighted by Gasteiger charge is 2.29. The molecule has 2 aromatic rings. The van der Waals surface area contributed by atoms with E-state index in [1.807, 2.05) is 69.9 Å². The van der Waals surface area contributed by atoms with Crippen LogP contribution in [0.2, 0.25) is 0 Å². The van der Waals surface area contributed by atoms with Crippen molar-refractivity contribution in [1.82, 2.24) is 4.90 Å². The molecule has 0 N–H and O–H groups in total. The second-order valence-corrected chi connectivity index (χ2v) is 10.7. The average Bonchev–Trinajstić information content (AvgIpc) is 3.28.